The maximum atomic E-state index is 14.4. The predicted octanol–water partition coefficient (Wildman–Crippen LogP) is 3.81. The zero-order chi connectivity index (χ0) is 19.7. The Labute approximate surface area is 166 Å². The smallest absolute Gasteiger partial charge is 0.165 e. The minimum atomic E-state index is -0.583. The second-order valence-electron chi connectivity index (χ2n) is 6.62. The number of benzene rings is 2. The quantitative estimate of drug-likeness (QED) is 0.690. The van der Waals surface area contributed by atoms with Crippen LogP contribution in [0.5, 0.6) is 11.5 Å². The highest BCUT2D eigenvalue weighted by Gasteiger charge is 2.19. The first-order valence-electron chi connectivity index (χ1n) is 9.04. The summed E-state index contributed by atoms with van der Waals surface area (Å²) in [5.41, 5.74) is 6.89. The second kappa shape index (κ2) is 7.77. The molecule has 2 aromatic carbocycles. The Bertz CT molecular complexity index is 1020. The molecule has 146 valence electrons. The molecule has 0 spiro atoms. The van der Waals surface area contributed by atoms with Gasteiger partial charge in [0.15, 0.2) is 23.1 Å². The van der Waals surface area contributed by atoms with Crippen LogP contribution in [0, 0.1) is 5.82 Å². The van der Waals surface area contributed by atoms with Crippen molar-refractivity contribution in [2.45, 2.75) is 18.9 Å². The van der Waals surface area contributed by atoms with Crippen molar-refractivity contribution >= 4 is 28.3 Å². The van der Waals surface area contributed by atoms with E-state index >= 15 is 0 Å². The lowest BCUT2D eigenvalue weighted by Gasteiger charge is -2.25. The fourth-order valence-electron chi connectivity index (χ4n) is 3.30. The monoisotopic (exact) mass is 402 g/mol. The Hall–Kier alpha value is -2.64. The normalized spacial score (nSPS) is 15.0. The molecule has 6 nitrogen and oxygen atoms in total. The summed E-state index contributed by atoms with van der Waals surface area (Å²) in [5, 5.41) is 3.93. The molecule has 1 fully saturated rings. The molecule has 3 aromatic rings. The largest absolute Gasteiger partial charge is 0.493 e. The third-order valence-electron chi connectivity index (χ3n) is 4.78. The average Bonchev–Trinajstić information content (AvgIpc) is 2.70. The lowest BCUT2D eigenvalue weighted by molar-refractivity contribution is 0.157. The zero-order valence-corrected chi connectivity index (χ0v) is 16.1. The number of anilines is 1. The zero-order valence-electron chi connectivity index (χ0n) is 15.3. The molecule has 0 radical (unpaired) electrons. The van der Waals surface area contributed by atoms with Gasteiger partial charge < -0.3 is 20.5 Å². The van der Waals surface area contributed by atoms with Crippen LogP contribution in [-0.4, -0.2) is 36.3 Å². The molecule has 0 amide bonds. The first-order chi connectivity index (χ1) is 13.6. The van der Waals surface area contributed by atoms with Crippen LogP contribution in [0.4, 0.5) is 10.2 Å². The molecule has 0 unspecified atom stereocenters. The van der Waals surface area contributed by atoms with Gasteiger partial charge in [-0.2, -0.15) is 0 Å². The summed E-state index contributed by atoms with van der Waals surface area (Å²) in [7, 11) is 1.57. The van der Waals surface area contributed by atoms with Crippen molar-refractivity contribution in [2.24, 2.45) is 0 Å². The fraction of sp³-hybridized carbons (Fsp3) is 0.300. The number of piperidine rings is 1. The molecule has 0 atom stereocenters. The Balaban J connectivity index is 1.78. The number of fused-ring (bicyclic) bond motifs is 1. The van der Waals surface area contributed by atoms with Crippen molar-refractivity contribution in [2.75, 3.05) is 25.9 Å². The van der Waals surface area contributed by atoms with Crippen molar-refractivity contribution in [1.82, 2.24) is 15.3 Å². The summed E-state index contributed by atoms with van der Waals surface area (Å²) in [6.45, 7) is 1.83. The maximum absolute atomic E-state index is 14.4. The van der Waals surface area contributed by atoms with Gasteiger partial charge in [-0.15, -0.1) is 0 Å². The average molecular weight is 403 g/mol. The van der Waals surface area contributed by atoms with E-state index in [0.717, 1.165) is 25.9 Å². The minimum Gasteiger partial charge on any atom is -0.493 e. The standard InChI is InChI=1S/C20H20ClFN4O2/c1-27-16-10-15-13(9-17(16)28-11-5-7-24-8-6-11)19(23)26-20(25-15)12-3-2-4-14(21)18(12)22/h2-4,9-11,24H,5-8H2,1H3,(H2,23,25,26). The van der Waals surface area contributed by atoms with Gasteiger partial charge in [-0.25, -0.2) is 14.4 Å². The number of nitrogens with zero attached hydrogens (tertiary/aromatic N) is 2. The maximum Gasteiger partial charge on any atom is 0.165 e. The topological polar surface area (TPSA) is 82.3 Å². The van der Waals surface area contributed by atoms with Crippen LogP contribution in [0.3, 0.4) is 0 Å². The lowest BCUT2D eigenvalue weighted by Crippen LogP contribution is -2.34. The van der Waals surface area contributed by atoms with Crippen molar-refractivity contribution in [3.63, 3.8) is 0 Å². The van der Waals surface area contributed by atoms with E-state index in [1.807, 2.05) is 0 Å². The molecule has 3 N–H and O–H groups in total. The molecule has 0 saturated carbocycles. The number of hydrogen-bond acceptors (Lipinski definition) is 6. The van der Waals surface area contributed by atoms with Gasteiger partial charge in [0.1, 0.15) is 11.9 Å². The third kappa shape index (κ3) is 3.55. The van der Waals surface area contributed by atoms with E-state index in [9.17, 15) is 4.39 Å². The first-order valence-corrected chi connectivity index (χ1v) is 9.41. The Morgan fingerprint density at radius 1 is 1.18 bits per heavy atom. The number of hydrogen-bond donors (Lipinski definition) is 2. The van der Waals surface area contributed by atoms with Crippen molar-refractivity contribution in [3.8, 4) is 22.9 Å². The molecule has 1 aromatic heterocycles. The van der Waals surface area contributed by atoms with E-state index in [2.05, 4.69) is 15.3 Å². The van der Waals surface area contributed by atoms with Gasteiger partial charge in [-0.3, -0.25) is 0 Å². The summed E-state index contributed by atoms with van der Waals surface area (Å²) in [5.74, 6) is 0.956. The molecular formula is C20H20ClFN4O2. The van der Waals surface area contributed by atoms with Crippen LogP contribution in [0.2, 0.25) is 5.02 Å². The number of nitrogen functional groups attached to an aromatic ring is 1. The van der Waals surface area contributed by atoms with E-state index in [1.54, 1.807) is 31.4 Å². The number of methoxy groups -OCH3 is 1. The van der Waals surface area contributed by atoms with Crippen LogP contribution in [0.1, 0.15) is 12.8 Å². The van der Waals surface area contributed by atoms with Gasteiger partial charge in [0.25, 0.3) is 0 Å². The Morgan fingerprint density at radius 3 is 2.71 bits per heavy atom. The highest BCUT2D eigenvalue weighted by atomic mass is 35.5. The summed E-state index contributed by atoms with van der Waals surface area (Å²) in [6, 6.07) is 8.19. The highest BCUT2D eigenvalue weighted by molar-refractivity contribution is 6.31. The summed E-state index contributed by atoms with van der Waals surface area (Å²) in [4.78, 5) is 8.75. The number of rotatable bonds is 4. The Morgan fingerprint density at radius 2 is 1.96 bits per heavy atom. The van der Waals surface area contributed by atoms with Gasteiger partial charge >= 0.3 is 0 Å². The summed E-state index contributed by atoms with van der Waals surface area (Å²) >= 11 is 5.88. The van der Waals surface area contributed by atoms with Gasteiger partial charge in [0, 0.05) is 11.5 Å². The van der Waals surface area contributed by atoms with E-state index in [-0.39, 0.29) is 28.3 Å². The second-order valence-corrected chi connectivity index (χ2v) is 7.03. The van der Waals surface area contributed by atoms with Crippen LogP contribution in [0.25, 0.3) is 22.3 Å². The van der Waals surface area contributed by atoms with Crippen LogP contribution < -0.4 is 20.5 Å². The molecular weight excluding hydrogens is 383 g/mol. The minimum absolute atomic E-state index is 0.00284. The number of ether oxygens (including phenoxy) is 2. The van der Waals surface area contributed by atoms with Crippen molar-refractivity contribution in [1.29, 1.82) is 0 Å². The molecule has 1 aliphatic heterocycles. The number of halogens is 2. The van der Waals surface area contributed by atoms with E-state index in [1.165, 1.54) is 6.07 Å². The molecule has 0 aliphatic carbocycles. The van der Waals surface area contributed by atoms with Gasteiger partial charge in [-0.1, -0.05) is 17.7 Å². The van der Waals surface area contributed by atoms with Crippen LogP contribution in [-0.2, 0) is 0 Å². The van der Waals surface area contributed by atoms with Gasteiger partial charge in [0.05, 0.1) is 23.2 Å². The van der Waals surface area contributed by atoms with Crippen LogP contribution >= 0.6 is 11.6 Å². The molecule has 1 saturated heterocycles. The molecule has 2 heterocycles. The summed E-state index contributed by atoms with van der Waals surface area (Å²) in [6.07, 6.45) is 1.94. The van der Waals surface area contributed by atoms with Crippen molar-refractivity contribution < 1.29 is 13.9 Å². The third-order valence-corrected chi connectivity index (χ3v) is 5.07. The van der Waals surface area contributed by atoms with Gasteiger partial charge in [0.2, 0.25) is 0 Å². The fourth-order valence-corrected chi connectivity index (χ4v) is 3.48. The van der Waals surface area contributed by atoms with E-state index < -0.39 is 5.82 Å². The lowest BCUT2D eigenvalue weighted by atomic mass is 10.1. The molecule has 8 heteroatoms. The van der Waals surface area contributed by atoms with Crippen LogP contribution in [0.15, 0.2) is 30.3 Å². The molecule has 4 rings (SSSR count). The molecule has 1 aliphatic rings. The summed E-state index contributed by atoms with van der Waals surface area (Å²) < 4.78 is 26.0. The first kappa shape index (κ1) is 18.7. The van der Waals surface area contributed by atoms with Gasteiger partial charge in [-0.05, 0) is 44.1 Å². The SMILES string of the molecule is COc1cc2nc(-c3cccc(Cl)c3F)nc(N)c2cc1OC1CCNCC1. The number of nitrogens with one attached hydrogen (secondary N) is 1. The predicted molar refractivity (Wildman–Crippen MR) is 107 cm³/mol. The van der Waals surface area contributed by atoms with E-state index in [4.69, 9.17) is 26.8 Å². The Kier molecular flexibility index (Phi) is 5.19. The molecule has 28 heavy (non-hydrogen) atoms. The highest BCUT2D eigenvalue weighted by Crippen LogP contribution is 2.36. The van der Waals surface area contributed by atoms with E-state index in [0.29, 0.717) is 22.4 Å². The van der Waals surface area contributed by atoms with Crippen molar-refractivity contribution in [3.05, 3.63) is 41.2 Å². The number of nitrogens with two attached hydrogens (primary N) is 1. The molecule has 0 bridgehead atoms. The number of aromatic nitrogens is 2.